The summed E-state index contributed by atoms with van der Waals surface area (Å²) in [5, 5.41) is 1.29. The highest BCUT2D eigenvalue weighted by molar-refractivity contribution is 6.31. The van der Waals surface area contributed by atoms with Crippen LogP contribution in [0.1, 0.15) is 42.4 Å². The number of pyridine rings is 1. The molecular weight excluding hydrogens is 274 g/mol. The molecule has 20 heavy (non-hydrogen) atoms. The molecule has 1 aromatic carbocycles. The first-order valence-electron chi connectivity index (χ1n) is 6.36. The summed E-state index contributed by atoms with van der Waals surface area (Å²) in [4.78, 5) is 16.7. The van der Waals surface area contributed by atoms with Crippen molar-refractivity contribution in [1.82, 2.24) is 10.4 Å². The number of nitrogen functional groups attached to an aromatic ring is 1. The molecule has 0 saturated carbocycles. The lowest BCUT2D eigenvalue weighted by atomic mass is 9.89. The molecule has 2 rings (SSSR count). The maximum absolute atomic E-state index is 12.0. The van der Waals surface area contributed by atoms with Crippen molar-refractivity contribution in [3.05, 3.63) is 40.0 Å². The van der Waals surface area contributed by atoms with Crippen LogP contribution in [0.15, 0.2) is 18.2 Å². The van der Waals surface area contributed by atoms with Gasteiger partial charge in [-0.15, -0.1) is 0 Å². The Morgan fingerprint density at radius 2 is 1.95 bits per heavy atom. The van der Waals surface area contributed by atoms with Crippen molar-refractivity contribution >= 4 is 28.4 Å². The molecule has 5 heteroatoms. The third-order valence-electron chi connectivity index (χ3n) is 3.21. The maximum Gasteiger partial charge on any atom is 0.265 e. The number of hydrogen-bond acceptors (Lipinski definition) is 3. The van der Waals surface area contributed by atoms with Crippen molar-refractivity contribution in [3.8, 4) is 0 Å². The van der Waals surface area contributed by atoms with Crippen LogP contribution in [0.5, 0.6) is 0 Å². The van der Waals surface area contributed by atoms with Gasteiger partial charge in [0, 0.05) is 21.5 Å². The molecule has 1 heterocycles. The highest BCUT2D eigenvalue weighted by atomic mass is 35.5. The Hall–Kier alpha value is -1.65. The van der Waals surface area contributed by atoms with Gasteiger partial charge in [-0.25, -0.2) is 5.84 Å². The number of hydrazine groups is 1. The Labute approximate surface area is 123 Å². The van der Waals surface area contributed by atoms with Gasteiger partial charge in [-0.1, -0.05) is 32.4 Å². The summed E-state index contributed by atoms with van der Waals surface area (Å²) in [6, 6.07) is 5.36. The van der Waals surface area contributed by atoms with E-state index in [0.717, 1.165) is 16.8 Å². The van der Waals surface area contributed by atoms with E-state index in [0.29, 0.717) is 16.0 Å². The van der Waals surface area contributed by atoms with Crippen molar-refractivity contribution in [3.63, 3.8) is 0 Å². The van der Waals surface area contributed by atoms with Gasteiger partial charge < -0.3 is 0 Å². The summed E-state index contributed by atoms with van der Waals surface area (Å²) in [7, 11) is 0. The number of hydrogen-bond donors (Lipinski definition) is 2. The molecule has 0 aliphatic heterocycles. The van der Waals surface area contributed by atoms with Gasteiger partial charge in [-0.3, -0.25) is 15.2 Å². The first-order valence-corrected chi connectivity index (χ1v) is 6.74. The predicted molar refractivity (Wildman–Crippen MR) is 81.8 cm³/mol. The molecule has 0 saturated heterocycles. The Bertz CT molecular complexity index is 690. The zero-order valence-electron chi connectivity index (χ0n) is 12.0. The van der Waals surface area contributed by atoms with Gasteiger partial charge in [-0.2, -0.15) is 0 Å². The van der Waals surface area contributed by atoms with Gasteiger partial charge in [-0.05, 0) is 30.7 Å². The summed E-state index contributed by atoms with van der Waals surface area (Å²) in [5.74, 6) is 4.93. The quantitative estimate of drug-likeness (QED) is 0.482. The zero-order chi connectivity index (χ0) is 15.1. The van der Waals surface area contributed by atoms with E-state index in [1.807, 2.05) is 13.0 Å². The van der Waals surface area contributed by atoms with Crippen LogP contribution >= 0.6 is 11.6 Å². The predicted octanol–water partition coefficient (Wildman–Crippen LogP) is 3.10. The van der Waals surface area contributed by atoms with Crippen molar-refractivity contribution in [2.75, 3.05) is 0 Å². The van der Waals surface area contributed by atoms with E-state index in [9.17, 15) is 4.79 Å². The minimum Gasteiger partial charge on any atom is -0.290 e. The van der Waals surface area contributed by atoms with E-state index in [2.05, 4.69) is 31.2 Å². The average Bonchev–Trinajstić information content (AvgIpc) is 2.35. The zero-order valence-corrected chi connectivity index (χ0v) is 12.8. The summed E-state index contributed by atoms with van der Waals surface area (Å²) in [6.07, 6.45) is 0. The summed E-state index contributed by atoms with van der Waals surface area (Å²) < 4.78 is 0. The Kier molecular flexibility index (Phi) is 3.71. The minimum atomic E-state index is -0.343. The number of aryl methyl sites for hydroxylation is 1. The smallest absolute Gasteiger partial charge is 0.265 e. The number of carbonyl (C=O) groups excluding carboxylic acids is 1. The number of benzene rings is 1. The minimum absolute atomic E-state index is 0.163. The molecule has 0 bridgehead atoms. The molecule has 106 valence electrons. The van der Waals surface area contributed by atoms with Crippen LogP contribution in [0.2, 0.25) is 5.02 Å². The highest BCUT2D eigenvalue weighted by Crippen LogP contribution is 2.29. The average molecular weight is 292 g/mol. The normalized spacial score (nSPS) is 11.7. The number of nitrogens with zero attached hydrogens (tertiary/aromatic N) is 1. The van der Waals surface area contributed by atoms with Crippen LogP contribution in [0.25, 0.3) is 10.9 Å². The topological polar surface area (TPSA) is 68.0 Å². The molecule has 0 fully saturated rings. The Balaban J connectivity index is 2.89. The van der Waals surface area contributed by atoms with Crippen LogP contribution < -0.4 is 11.3 Å². The number of nitrogens with two attached hydrogens (primary N) is 1. The van der Waals surface area contributed by atoms with Crippen LogP contribution in [-0.2, 0) is 5.41 Å². The van der Waals surface area contributed by atoms with Gasteiger partial charge in [0.05, 0.1) is 11.1 Å². The van der Waals surface area contributed by atoms with Crippen LogP contribution in [0.4, 0.5) is 0 Å². The Morgan fingerprint density at radius 1 is 1.30 bits per heavy atom. The molecular formula is C15H18ClN3O. The fourth-order valence-electron chi connectivity index (χ4n) is 2.11. The number of aromatic nitrogens is 1. The molecule has 0 aliphatic carbocycles. The van der Waals surface area contributed by atoms with Gasteiger partial charge >= 0.3 is 0 Å². The van der Waals surface area contributed by atoms with E-state index >= 15 is 0 Å². The fraction of sp³-hybridized carbons (Fsp3) is 0.333. The lowest BCUT2D eigenvalue weighted by Crippen LogP contribution is -2.30. The number of halogens is 1. The Morgan fingerprint density at radius 3 is 2.50 bits per heavy atom. The van der Waals surface area contributed by atoms with Crippen molar-refractivity contribution < 1.29 is 4.79 Å². The van der Waals surface area contributed by atoms with E-state index in [1.165, 1.54) is 0 Å². The van der Waals surface area contributed by atoms with Gasteiger partial charge in [0.15, 0.2) is 0 Å². The largest absolute Gasteiger partial charge is 0.290 e. The third-order valence-corrected chi connectivity index (χ3v) is 3.43. The molecule has 1 amide bonds. The number of amides is 1. The standard InChI is InChI=1S/C15H18ClN3O/c1-8-5-9(16)6-10-11(14(20)19-17)7-12(15(2,3)4)18-13(8)10/h5-7H,17H2,1-4H3,(H,19,20). The molecule has 3 N–H and O–H groups in total. The molecule has 0 atom stereocenters. The van der Waals surface area contributed by atoms with E-state index in [1.54, 1.807) is 12.1 Å². The second kappa shape index (κ2) is 5.04. The van der Waals surface area contributed by atoms with Gasteiger partial charge in [0.2, 0.25) is 0 Å². The van der Waals surface area contributed by atoms with E-state index in [-0.39, 0.29) is 11.3 Å². The second-order valence-electron chi connectivity index (χ2n) is 5.90. The van der Waals surface area contributed by atoms with Crippen molar-refractivity contribution in [1.29, 1.82) is 0 Å². The highest BCUT2D eigenvalue weighted by Gasteiger charge is 2.21. The molecule has 0 aliphatic rings. The number of nitrogens with one attached hydrogen (secondary N) is 1. The van der Waals surface area contributed by atoms with Gasteiger partial charge in [0.25, 0.3) is 5.91 Å². The number of fused-ring (bicyclic) bond motifs is 1. The summed E-state index contributed by atoms with van der Waals surface area (Å²) in [6.45, 7) is 8.08. The summed E-state index contributed by atoms with van der Waals surface area (Å²) in [5.41, 5.74) is 5.07. The molecule has 1 aromatic heterocycles. The fourth-order valence-corrected chi connectivity index (χ4v) is 2.38. The molecule has 2 aromatic rings. The van der Waals surface area contributed by atoms with Crippen LogP contribution in [-0.4, -0.2) is 10.9 Å². The molecule has 0 spiro atoms. The first-order chi connectivity index (χ1) is 9.24. The number of rotatable bonds is 1. The summed E-state index contributed by atoms with van der Waals surface area (Å²) >= 11 is 6.08. The second-order valence-corrected chi connectivity index (χ2v) is 6.33. The monoisotopic (exact) mass is 291 g/mol. The number of carbonyl (C=O) groups is 1. The first kappa shape index (κ1) is 14.8. The SMILES string of the molecule is Cc1cc(Cl)cc2c(C(=O)NN)cc(C(C)(C)C)nc12. The van der Waals surface area contributed by atoms with Gasteiger partial charge in [0.1, 0.15) is 0 Å². The lowest BCUT2D eigenvalue weighted by molar-refractivity contribution is 0.0955. The lowest BCUT2D eigenvalue weighted by Gasteiger charge is -2.20. The molecule has 4 nitrogen and oxygen atoms in total. The van der Waals surface area contributed by atoms with E-state index < -0.39 is 0 Å². The third kappa shape index (κ3) is 2.62. The molecule has 0 radical (unpaired) electrons. The van der Waals surface area contributed by atoms with E-state index in [4.69, 9.17) is 17.4 Å². The maximum atomic E-state index is 12.0. The van der Waals surface area contributed by atoms with Crippen LogP contribution in [0, 0.1) is 6.92 Å². The van der Waals surface area contributed by atoms with Crippen LogP contribution in [0.3, 0.4) is 0 Å². The van der Waals surface area contributed by atoms with Crippen molar-refractivity contribution in [2.45, 2.75) is 33.1 Å². The molecule has 0 unspecified atom stereocenters. The van der Waals surface area contributed by atoms with Crippen molar-refractivity contribution in [2.24, 2.45) is 5.84 Å².